The lowest BCUT2D eigenvalue weighted by atomic mass is 9.97. The van der Waals surface area contributed by atoms with Gasteiger partial charge in [0.2, 0.25) is 0 Å². The predicted octanol–water partition coefficient (Wildman–Crippen LogP) is 3.51. The Hall–Kier alpha value is -1.81. The molecule has 0 amide bonds. The monoisotopic (exact) mass is 331 g/mol. The van der Waals surface area contributed by atoms with Gasteiger partial charge in [-0.1, -0.05) is 28.1 Å². The van der Waals surface area contributed by atoms with E-state index in [0.717, 1.165) is 22.0 Å². The van der Waals surface area contributed by atoms with E-state index < -0.39 is 0 Å². The average molecular weight is 332 g/mol. The van der Waals surface area contributed by atoms with Crippen LogP contribution in [-0.2, 0) is 6.42 Å². The van der Waals surface area contributed by atoms with Gasteiger partial charge in [-0.05, 0) is 36.2 Å². The summed E-state index contributed by atoms with van der Waals surface area (Å²) >= 11 is 3.45. The minimum atomic E-state index is -0.0920. The summed E-state index contributed by atoms with van der Waals surface area (Å²) < 4.78 is 6.50. The van der Waals surface area contributed by atoms with Crippen molar-refractivity contribution in [2.24, 2.45) is 0 Å². The largest absolute Gasteiger partial charge is 0.492 e. The van der Waals surface area contributed by atoms with E-state index in [2.05, 4.69) is 15.9 Å². The number of carbonyl (C=O) groups excluding carboxylic acids is 1. The number of fused-ring (bicyclic) bond motifs is 1. The van der Waals surface area contributed by atoms with E-state index in [4.69, 9.17) is 10.5 Å². The van der Waals surface area contributed by atoms with E-state index >= 15 is 0 Å². The van der Waals surface area contributed by atoms with Crippen LogP contribution in [0.2, 0.25) is 0 Å². The number of ether oxygens (including phenoxy) is 1. The third kappa shape index (κ3) is 2.10. The first-order valence-electron chi connectivity index (χ1n) is 6.43. The fraction of sp³-hybridized carbons (Fsp3) is 0.188. The zero-order valence-electron chi connectivity index (χ0n) is 11.1. The molecule has 1 heterocycles. The number of nitrogen functional groups attached to an aromatic ring is 1. The molecule has 0 saturated heterocycles. The van der Waals surface area contributed by atoms with Crippen molar-refractivity contribution in [2.75, 3.05) is 12.3 Å². The molecular formula is C16H14BrNO2. The Morgan fingerprint density at radius 3 is 2.90 bits per heavy atom. The number of hydrogen-bond acceptors (Lipinski definition) is 3. The van der Waals surface area contributed by atoms with E-state index in [1.807, 2.05) is 25.1 Å². The van der Waals surface area contributed by atoms with Gasteiger partial charge >= 0.3 is 0 Å². The molecular weight excluding hydrogens is 318 g/mol. The van der Waals surface area contributed by atoms with Crippen LogP contribution in [-0.4, -0.2) is 12.4 Å². The van der Waals surface area contributed by atoms with Crippen molar-refractivity contribution in [3.8, 4) is 5.75 Å². The number of nitrogens with two attached hydrogens (primary N) is 1. The Bertz CT molecular complexity index is 710. The minimum absolute atomic E-state index is 0.0920. The first kappa shape index (κ1) is 13.2. The van der Waals surface area contributed by atoms with Gasteiger partial charge in [-0.25, -0.2) is 0 Å². The van der Waals surface area contributed by atoms with Crippen molar-refractivity contribution in [3.05, 3.63) is 57.1 Å². The highest BCUT2D eigenvalue weighted by molar-refractivity contribution is 9.10. The third-order valence-corrected chi connectivity index (χ3v) is 4.02. The number of benzene rings is 2. The van der Waals surface area contributed by atoms with Gasteiger partial charge < -0.3 is 10.5 Å². The van der Waals surface area contributed by atoms with Crippen molar-refractivity contribution in [1.82, 2.24) is 0 Å². The van der Waals surface area contributed by atoms with E-state index in [1.165, 1.54) is 0 Å². The Balaban J connectivity index is 2.14. The van der Waals surface area contributed by atoms with Gasteiger partial charge in [0, 0.05) is 22.1 Å². The number of hydrogen-bond donors (Lipinski definition) is 1. The van der Waals surface area contributed by atoms with Crippen LogP contribution in [0.25, 0.3) is 0 Å². The molecule has 1 aliphatic heterocycles. The Labute approximate surface area is 125 Å². The van der Waals surface area contributed by atoms with Gasteiger partial charge in [0.1, 0.15) is 5.75 Å². The summed E-state index contributed by atoms with van der Waals surface area (Å²) in [6.07, 6.45) is 0.832. The Morgan fingerprint density at radius 2 is 2.10 bits per heavy atom. The maximum absolute atomic E-state index is 12.8. The molecule has 0 aliphatic carbocycles. The number of aryl methyl sites for hydroxylation is 1. The van der Waals surface area contributed by atoms with Gasteiger partial charge in [0.15, 0.2) is 5.78 Å². The Morgan fingerprint density at radius 1 is 1.30 bits per heavy atom. The summed E-state index contributed by atoms with van der Waals surface area (Å²) in [5.74, 6) is 0.602. The molecule has 2 aromatic carbocycles. The van der Waals surface area contributed by atoms with E-state index in [9.17, 15) is 4.79 Å². The fourth-order valence-corrected chi connectivity index (χ4v) is 2.97. The molecule has 1 aliphatic rings. The van der Waals surface area contributed by atoms with Crippen LogP contribution < -0.4 is 10.5 Å². The summed E-state index contributed by atoms with van der Waals surface area (Å²) in [5.41, 5.74) is 9.63. The van der Waals surface area contributed by atoms with Crippen molar-refractivity contribution < 1.29 is 9.53 Å². The van der Waals surface area contributed by atoms with Crippen LogP contribution in [0.1, 0.15) is 27.0 Å². The van der Waals surface area contributed by atoms with Crippen molar-refractivity contribution in [2.45, 2.75) is 13.3 Å². The second-order valence-corrected chi connectivity index (χ2v) is 5.82. The smallest absolute Gasteiger partial charge is 0.198 e. The van der Waals surface area contributed by atoms with E-state index in [1.54, 1.807) is 12.1 Å². The molecule has 2 aromatic rings. The topological polar surface area (TPSA) is 52.3 Å². The van der Waals surface area contributed by atoms with Crippen LogP contribution >= 0.6 is 15.9 Å². The molecule has 0 saturated carbocycles. The van der Waals surface area contributed by atoms with Crippen LogP contribution in [0.3, 0.4) is 0 Å². The summed E-state index contributed by atoms with van der Waals surface area (Å²) in [7, 11) is 0. The number of anilines is 1. The molecule has 102 valence electrons. The highest BCUT2D eigenvalue weighted by atomic mass is 79.9. The summed E-state index contributed by atoms with van der Waals surface area (Å²) in [5, 5.41) is 0. The van der Waals surface area contributed by atoms with Crippen LogP contribution in [0.5, 0.6) is 5.75 Å². The first-order valence-corrected chi connectivity index (χ1v) is 7.22. The lowest BCUT2D eigenvalue weighted by molar-refractivity contribution is 0.103. The van der Waals surface area contributed by atoms with Gasteiger partial charge in [0.25, 0.3) is 0 Å². The van der Waals surface area contributed by atoms with Crippen molar-refractivity contribution in [3.63, 3.8) is 0 Å². The molecule has 0 bridgehead atoms. The zero-order chi connectivity index (χ0) is 14.3. The summed E-state index contributed by atoms with van der Waals surface area (Å²) in [6.45, 7) is 2.52. The summed E-state index contributed by atoms with van der Waals surface area (Å²) in [4.78, 5) is 12.8. The van der Waals surface area contributed by atoms with Gasteiger partial charge in [-0.2, -0.15) is 0 Å². The Kier molecular flexibility index (Phi) is 3.26. The van der Waals surface area contributed by atoms with Crippen LogP contribution in [0.15, 0.2) is 34.8 Å². The fourth-order valence-electron chi connectivity index (χ4n) is 2.46. The van der Waals surface area contributed by atoms with Crippen LogP contribution in [0.4, 0.5) is 5.69 Å². The molecule has 0 radical (unpaired) electrons. The van der Waals surface area contributed by atoms with Crippen LogP contribution in [0, 0.1) is 6.92 Å². The zero-order valence-corrected chi connectivity index (χ0v) is 12.7. The lowest BCUT2D eigenvalue weighted by Crippen LogP contribution is -2.08. The third-order valence-electron chi connectivity index (χ3n) is 3.56. The molecule has 0 aromatic heterocycles. The molecule has 0 fully saturated rings. The highest BCUT2D eigenvalue weighted by Gasteiger charge is 2.24. The molecule has 4 heteroatoms. The van der Waals surface area contributed by atoms with E-state index in [-0.39, 0.29) is 5.78 Å². The highest BCUT2D eigenvalue weighted by Crippen LogP contribution is 2.35. The number of halogens is 1. The SMILES string of the molecule is Cc1cccc(C(=O)c2cc(Br)cc3c2OCC3)c1N. The molecule has 20 heavy (non-hydrogen) atoms. The standard InChI is InChI=1S/C16H14BrNO2/c1-9-3-2-4-12(14(9)18)15(19)13-8-11(17)7-10-5-6-20-16(10)13/h2-4,7-8H,5-6,18H2,1H3. The van der Waals surface area contributed by atoms with Gasteiger partial charge in [-0.15, -0.1) is 0 Å². The maximum atomic E-state index is 12.8. The van der Waals surface area contributed by atoms with E-state index in [0.29, 0.717) is 29.2 Å². The molecule has 0 unspecified atom stereocenters. The molecule has 2 N–H and O–H groups in total. The first-order chi connectivity index (χ1) is 9.58. The molecule has 0 atom stereocenters. The minimum Gasteiger partial charge on any atom is -0.492 e. The molecule has 3 rings (SSSR count). The number of ketones is 1. The quantitative estimate of drug-likeness (QED) is 0.676. The number of rotatable bonds is 2. The number of para-hydroxylation sites is 1. The van der Waals surface area contributed by atoms with Crippen molar-refractivity contribution in [1.29, 1.82) is 0 Å². The molecule has 3 nitrogen and oxygen atoms in total. The lowest BCUT2D eigenvalue weighted by Gasteiger charge is -2.11. The summed E-state index contributed by atoms with van der Waals surface area (Å²) in [6, 6.07) is 9.30. The average Bonchev–Trinajstić information content (AvgIpc) is 2.88. The number of carbonyl (C=O) groups is 1. The second-order valence-electron chi connectivity index (χ2n) is 4.91. The van der Waals surface area contributed by atoms with Crippen molar-refractivity contribution >= 4 is 27.4 Å². The van der Waals surface area contributed by atoms with Gasteiger partial charge in [0.05, 0.1) is 12.2 Å². The van der Waals surface area contributed by atoms with Gasteiger partial charge in [-0.3, -0.25) is 4.79 Å². The molecule has 0 spiro atoms. The second kappa shape index (κ2) is 4.94. The normalized spacial score (nSPS) is 12.9. The maximum Gasteiger partial charge on any atom is 0.198 e. The predicted molar refractivity (Wildman–Crippen MR) is 82.4 cm³/mol.